The van der Waals surface area contributed by atoms with E-state index in [1.807, 2.05) is 27.7 Å². The average molecular weight is 306 g/mol. The maximum Gasteiger partial charge on any atom is 1.00 e. The molecule has 0 saturated carbocycles. The Hall–Kier alpha value is 0.276. The number of benzene rings is 1. The molecule has 0 atom stereocenters. The molecule has 0 N–H and O–H groups in total. The summed E-state index contributed by atoms with van der Waals surface area (Å²) in [4.78, 5) is 3.70. The zero-order chi connectivity index (χ0) is 13.8. The molecule has 19 heavy (non-hydrogen) atoms. The Morgan fingerprint density at radius 3 is 1.95 bits per heavy atom. The number of hydrogen-bond acceptors (Lipinski definition) is 3. The molecule has 0 amide bonds. The van der Waals surface area contributed by atoms with Gasteiger partial charge < -0.3 is 9.93 Å². The Morgan fingerprint density at radius 1 is 1.05 bits per heavy atom. The molecule has 0 aliphatic heterocycles. The van der Waals surface area contributed by atoms with E-state index in [2.05, 4.69) is 9.93 Å². The maximum atomic E-state index is 11.9. The van der Waals surface area contributed by atoms with Gasteiger partial charge in [0.25, 0.3) is 0 Å². The zero-order valence-electron chi connectivity index (χ0n) is 12.2. The van der Waals surface area contributed by atoms with E-state index in [9.17, 15) is 8.42 Å². The van der Waals surface area contributed by atoms with Crippen LogP contribution in [0, 0.1) is 11.8 Å². The Bertz CT molecular complexity index is 501. The van der Waals surface area contributed by atoms with Crippen molar-refractivity contribution in [1.29, 1.82) is 0 Å². The molecule has 1 rings (SSSR count). The fourth-order valence-electron chi connectivity index (χ4n) is 1.64. The van der Waals surface area contributed by atoms with Crippen molar-refractivity contribution in [2.24, 2.45) is 16.9 Å². The van der Waals surface area contributed by atoms with Gasteiger partial charge in [-0.1, -0.05) is 45.9 Å². The van der Waals surface area contributed by atoms with Crippen LogP contribution in [-0.4, -0.2) is 14.1 Å². The van der Waals surface area contributed by atoms with Gasteiger partial charge in [-0.05, 0) is 24.0 Å². The van der Waals surface area contributed by atoms with Crippen molar-refractivity contribution in [3.63, 3.8) is 0 Å². The van der Waals surface area contributed by atoms with Crippen LogP contribution < -0.4 is 51.4 Å². The van der Waals surface area contributed by atoms with Gasteiger partial charge in [0, 0.05) is 5.71 Å². The van der Waals surface area contributed by atoms with E-state index >= 15 is 0 Å². The van der Waals surface area contributed by atoms with Gasteiger partial charge in [0.05, 0.1) is 4.90 Å². The molecule has 100 valence electrons. The molecule has 0 spiro atoms. The minimum absolute atomic E-state index is 0. The third-order valence-electron chi connectivity index (χ3n) is 2.49. The van der Waals surface area contributed by atoms with E-state index in [4.69, 9.17) is 0 Å². The third kappa shape index (κ3) is 6.06. The molecule has 0 aliphatic carbocycles. The summed E-state index contributed by atoms with van der Waals surface area (Å²) in [5.41, 5.74) is 0.787. The monoisotopic (exact) mass is 306 g/mol. The van der Waals surface area contributed by atoms with Crippen molar-refractivity contribution >= 4 is 15.7 Å². The molecule has 4 nitrogen and oxygen atoms in total. The summed E-state index contributed by atoms with van der Waals surface area (Å²) in [6, 6.07) is 8.11. The summed E-state index contributed by atoms with van der Waals surface area (Å²) in [6.07, 6.45) is 0. The average Bonchev–Trinajstić information content (AvgIpc) is 2.29. The van der Waals surface area contributed by atoms with Crippen LogP contribution >= 0.6 is 0 Å². The van der Waals surface area contributed by atoms with E-state index < -0.39 is 10.0 Å². The molecular formula is C13H19KN2O2S. The molecule has 1 aromatic carbocycles. The first kappa shape index (κ1) is 19.3. The standard InChI is InChI=1S/C13H19N2O2S.K/c1-10(2)13(11(3)4)14-15-18(16,17)12-8-6-5-7-9-12;/h5-11H,1-4H3;/q-1;+1. The van der Waals surface area contributed by atoms with E-state index in [1.165, 1.54) is 12.1 Å². The van der Waals surface area contributed by atoms with Crippen LogP contribution in [0.4, 0.5) is 0 Å². The predicted octanol–water partition coefficient (Wildman–Crippen LogP) is 0.421. The van der Waals surface area contributed by atoms with Crippen LogP contribution in [-0.2, 0) is 10.0 Å². The van der Waals surface area contributed by atoms with Crippen molar-refractivity contribution < 1.29 is 59.8 Å². The summed E-state index contributed by atoms with van der Waals surface area (Å²) < 4.78 is 23.8. The molecule has 0 bridgehead atoms. The van der Waals surface area contributed by atoms with E-state index in [1.54, 1.807) is 18.2 Å². The summed E-state index contributed by atoms with van der Waals surface area (Å²) in [5, 5.41) is 3.92. The van der Waals surface area contributed by atoms with Crippen LogP contribution in [0.25, 0.3) is 4.83 Å². The van der Waals surface area contributed by atoms with Gasteiger partial charge in [-0.2, -0.15) is 0 Å². The molecule has 0 aromatic heterocycles. The Morgan fingerprint density at radius 2 is 1.53 bits per heavy atom. The molecular weight excluding hydrogens is 287 g/mol. The largest absolute Gasteiger partial charge is 1.00 e. The molecule has 0 heterocycles. The second-order valence-corrected chi connectivity index (χ2v) is 6.29. The number of sulfonamides is 1. The van der Waals surface area contributed by atoms with Crippen LogP contribution in [0.3, 0.4) is 0 Å². The van der Waals surface area contributed by atoms with Crippen molar-refractivity contribution in [2.45, 2.75) is 32.6 Å². The number of rotatable bonds is 5. The van der Waals surface area contributed by atoms with Gasteiger partial charge in [0.2, 0.25) is 0 Å². The first-order valence-electron chi connectivity index (χ1n) is 5.94. The normalized spacial score (nSPS) is 11.1. The fourth-order valence-corrected chi connectivity index (χ4v) is 2.44. The van der Waals surface area contributed by atoms with E-state index in [0.717, 1.165) is 5.71 Å². The van der Waals surface area contributed by atoms with Gasteiger partial charge in [-0.3, -0.25) is 0 Å². The third-order valence-corrected chi connectivity index (χ3v) is 3.65. The SMILES string of the molecule is CC(C)C(=N[N-]S(=O)(=O)c1ccccc1)C(C)C.[K+]. The van der Waals surface area contributed by atoms with Crippen LogP contribution in [0.5, 0.6) is 0 Å². The van der Waals surface area contributed by atoms with Crippen LogP contribution in [0.15, 0.2) is 40.3 Å². The minimum Gasteiger partial charge on any atom is -0.491 e. The minimum atomic E-state index is -3.68. The maximum absolute atomic E-state index is 11.9. The first-order valence-corrected chi connectivity index (χ1v) is 7.38. The predicted molar refractivity (Wildman–Crippen MR) is 74.1 cm³/mol. The van der Waals surface area contributed by atoms with Gasteiger partial charge in [-0.15, -0.1) is 0 Å². The van der Waals surface area contributed by atoms with Gasteiger partial charge in [-0.25, -0.2) is 8.42 Å². The summed E-state index contributed by atoms with van der Waals surface area (Å²) >= 11 is 0. The van der Waals surface area contributed by atoms with Crippen molar-refractivity contribution in [1.82, 2.24) is 0 Å². The van der Waals surface area contributed by atoms with Gasteiger partial charge in [0.1, 0.15) is 10.0 Å². The zero-order valence-corrected chi connectivity index (χ0v) is 16.1. The van der Waals surface area contributed by atoms with Crippen molar-refractivity contribution in [3.8, 4) is 0 Å². The van der Waals surface area contributed by atoms with Gasteiger partial charge >= 0.3 is 51.4 Å². The summed E-state index contributed by atoms with van der Waals surface area (Å²) in [5.74, 6) is 0.361. The van der Waals surface area contributed by atoms with Crippen molar-refractivity contribution in [2.75, 3.05) is 0 Å². The van der Waals surface area contributed by atoms with E-state index in [-0.39, 0.29) is 68.1 Å². The molecule has 0 saturated heterocycles. The Kier molecular flexibility index (Phi) is 8.66. The second kappa shape index (κ2) is 8.54. The fraction of sp³-hybridized carbons (Fsp3) is 0.462. The summed E-state index contributed by atoms with van der Waals surface area (Å²) in [7, 11) is -3.68. The Balaban J connectivity index is 0.00000324. The molecule has 0 radical (unpaired) electrons. The quantitative estimate of drug-likeness (QED) is 0.450. The molecule has 0 unspecified atom stereocenters. The molecule has 0 fully saturated rings. The van der Waals surface area contributed by atoms with Gasteiger partial charge in [0.15, 0.2) is 0 Å². The molecule has 1 aromatic rings. The van der Waals surface area contributed by atoms with Crippen LogP contribution in [0.2, 0.25) is 0 Å². The summed E-state index contributed by atoms with van der Waals surface area (Å²) in [6.45, 7) is 7.90. The second-order valence-electron chi connectivity index (χ2n) is 4.70. The van der Waals surface area contributed by atoms with E-state index in [0.29, 0.717) is 0 Å². The first-order chi connectivity index (χ1) is 8.34. The number of hydrogen-bond donors (Lipinski definition) is 0. The van der Waals surface area contributed by atoms with Crippen molar-refractivity contribution in [3.05, 3.63) is 35.2 Å². The van der Waals surface area contributed by atoms with Crippen LogP contribution in [0.1, 0.15) is 27.7 Å². The molecule has 6 heteroatoms. The smallest absolute Gasteiger partial charge is 0.491 e. The number of nitrogens with zero attached hydrogens (tertiary/aromatic N) is 2. The molecule has 0 aliphatic rings. The Labute approximate surface area is 158 Å². The topological polar surface area (TPSA) is 60.6 Å².